The van der Waals surface area contributed by atoms with Gasteiger partial charge in [-0.1, -0.05) is 84.1 Å². The number of para-hydroxylation sites is 1. The average molecular weight is 422 g/mol. The fourth-order valence-electron chi connectivity index (χ4n) is 4.01. The number of amides is 1. The van der Waals surface area contributed by atoms with E-state index in [1.807, 2.05) is 66.9 Å². The van der Waals surface area contributed by atoms with Crippen LogP contribution in [0.2, 0.25) is 0 Å². The van der Waals surface area contributed by atoms with E-state index in [0.717, 1.165) is 27.6 Å². The first-order chi connectivity index (χ1) is 15.8. The van der Waals surface area contributed by atoms with E-state index in [-0.39, 0.29) is 11.8 Å². The van der Waals surface area contributed by atoms with Crippen molar-refractivity contribution in [2.24, 2.45) is 0 Å². The molecule has 158 valence electrons. The highest BCUT2D eigenvalue weighted by molar-refractivity contribution is 5.92. The van der Waals surface area contributed by atoms with Gasteiger partial charge in [0.15, 0.2) is 5.69 Å². The molecule has 2 N–H and O–H groups in total. The molecular weight excluding hydrogens is 398 g/mol. The molecule has 2 aromatic heterocycles. The summed E-state index contributed by atoms with van der Waals surface area (Å²) in [6, 6.07) is 28.4. The number of carbonyl (C=O) groups is 1. The predicted octanol–water partition coefficient (Wildman–Crippen LogP) is 4.37. The number of benzene rings is 3. The Kier molecular flexibility index (Phi) is 5.49. The van der Waals surface area contributed by atoms with E-state index < -0.39 is 0 Å². The molecule has 32 heavy (non-hydrogen) atoms. The number of aromatic nitrogens is 4. The summed E-state index contributed by atoms with van der Waals surface area (Å²) in [5.41, 5.74) is 4.79. The monoisotopic (exact) mass is 421 g/mol. The van der Waals surface area contributed by atoms with E-state index in [1.165, 1.54) is 0 Å². The Morgan fingerprint density at radius 2 is 1.66 bits per heavy atom. The second kappa shape index (κ2) is 8.89. The van der Waals surface area contributed by atoms with E-state index in [1.54, 1.807) is 10.9 Å². The van der Waals surface area contributed by atoms with Gasteiger partial charge in [0.25, 0.3) is 5.91 Å². The van der Waals surface area contributed by atoms with Gasteiger partial charge in [-0.3, -0.25) is 4.79 Å². The van der Waals surface area contributed by atoms with E-state index >= 15 is 0 Å². The Hall–Kier alpha value is -4.19. The molecule has 0 fully saturated rings. The van der Waals surface area contributed by atoms with Crippen molar-refractivity contribution in [3.63, 3.8) is 0 Å². The average Bonchev–Trinajstić information content (AvgIpc) is 3.48. The van der Waals surface area contributed by atoms with Crippen LogP contribution in [0, 0.1) is 0 Å². The quantitative estimate of drug-likeness (QED) is 0.410. The van der Waals surface area contributed by atoms with Crippen LogP contribution in [-0.4, -0.2) is 32.4 Å². The Balaban J connectivity index is 1.34. The van der Waals surface area contributed by atoms with Gasteiger partial charge >= 0.3 is 0 Å². The number of rotatable bonds is 7. The van der Waals surface area contributed by atoms with Gasteiger partial charge in [0, 0.05) is 29.6 Å². The zero-order chi connectivity index (χ0) is 21.8. The van der Waals surface area contributed by atoms with Crippen molar-refractivity contribution in [2.75, 3.05) is 6.54 Å². The van der Waals surface area contributed by atoms with Crippen LogP contribution >= 0.6 is 0 Å². The first-order valence-electron chi connectivity index (χ1n) is 10.6. The molecule has 0 saturated carbocycles. The summed E-state index contributed by atoms with van der Waals surface area (Å²) >= 11 is 0. The van der Waals surface area contributed by atoms with Crippen molar-refractivity contribution in [1.29, 1.82) is 0 Å². The maximum Gasteiger partial charge on any atom is 0.273 e. The molecule has 1 amide bonds. The van der Waals surface area contributed by atoms with Gasteiger partial charge in [-0.15, -0.1) is 5.10 Å². The molecule has 0 aliphatic heterocycles. The third kappa shape index (κ3) is 4.16. The molecule has 0 aliphatic carbocycles. The molecule has 5 rings (SSSR count). The number of nitrogens with zero attached hydrogens (tertiary/aromatic N) is 3. The lowest BCUT2D eigenvalue weighted by molar-refractivity contribution is 0.0947. The van der Waals surface area contributed by atoms with Gasteiger partial charge in [0.1, 0.15) is 0 Å². The highest BCUT2D eigenvalue weighted by Crippen LogP contribution is 2.30. The number of hydrogen-bond donors (Lipinski definition) is 2. The molecule has 6 nitrogen and oxygen atoms in total. The normalized spacial score (nSPS) is 12.0. The largest absolute Gasteiger partial charge is 0.361 e. The molecule has 6 heteroatoms. The maximum absolute atomic E-state index is 12.8. The van der Waals surface area contributed by atoms with Crippen LogP contribution in [0.15, 0.2) is 97.3 Å². The zero-order valence-corrected chi connectivity index (χ0v) is 17.5. The Morgan fingerprint density at radius 1 is 0.938 bits per heavy atom. The molecule has 1 unspecified atom stereocenters. The lowest BCUT2D eigenvalue weighted by atomic mass is 9.91. The summed E-state index contributed by atoms with van der Waals surface area (Å²) in [5.74, 6) is -0.222. The summed E-state index contributed by atoms with van der Waals surface area (Å²) < 4.78 is 1.68. The Labute approximate surface area is 185 Å². The van der Waals surface area contributed by atoms with Gasteiger partial charge in [-0.2, -0.15) is 0 Å². The standard InChI is InChI=1S/C26H23N5O/c32-26(25-18-31(30-29-25)17-19-9-3-1-4-10-19)28-15-22(20-11-5-2-6-12-20)23-16-27-24-14-8-7-13-21(23)24/h1-14,16,18,22,27H,15,17H2,(H,28,32). The fourth-order valence-corrected chi connectivity index (χ4v) is 4.01. The Bertz CT molecular complexity index is 1320. The summed E-state index contributed by atoms with van der Waals surface area (Å²) in [7, 11) is 0. The number of aromatic amines is 1. The van der Waals surface area contributed by atoms with Crippen molar-refractivity contribution in [3.8, 4) is 0 Å². The second-order valence-corrected chi connectivity index (χ2v) is 7.75. The van der Waals surface area contributed by atoms with Crippen molar-refractivity contribution >= 4 is 16.8 Å². The van der Waals surface area contributed by atoms with Crippen LogP contribution in [0.3, 0.4) is 0 Å². The van der Waals surface area contributed by atoms with Crippen molar-refractivity contribution in [3.05, 3.63) is 120 Å². The van der Waals surface area contributed by atoms with E-state index in [9.17, 15) is 4.79 Å². The molecule has 0 radical (unpaired) electrons. The van der Waals surface area contributed by atoms with Gasteiger partial charge in [-0.25, -0.2) is 4.68 Å². The van der Waals surface area contributed by atoms with Gasteiger partial charge in [-0.05, 0) is 22.8 Å². The molecule has 0 bridgehead atoms. The van der Waals surface area contributed by atoms with Crippen LogP contribution in [-0.2, 0) is 6.54 Å². The van der Waals surface area contributed by atoms with Crippen molar-refractivity contribution in [1.82, 2.24) is 25.3 Å². The van der Waals surface area contributed by atoms with Crippen LogP contribution < -0.4 is 5.32 Å². The minimum atomic E-state index is -0.231. The highest BCUT2D eigenvalue weighted by atomic mass is 16.2. The molecular formula is C26H23N5O. The van der Waals surface area contributed by atoms with Crippen molar-refractivity contribution < 1.29 is 4.79 Å². The summed E-state index contributed by atoms with van der Waals surface area (Å²) in [6.45, 7) is 1.03. The third-order valence-electron chi connectivity index (χ3n) is 5.62. The second-order valence-electron chi connectivity index (χ2n) is 7.75. The fraction of sp³-hybridized carbons (Fsp3) is 0.115. The lowest BCUT2D eigenvalue weighted by Gasteiger charge is -2.18. The molecule has 0 saturated heterocycles. The first kappa shape index (κ1) is 19.8. The number of carbonyl (C=O) groups excluding carboxylic acids is 1. The van der Waals surface area contributed by atoms with Crippen LogP contribution in [0.1, 0.15) is 33.1 Å². The van der Waals surface area contributed by atoms with E-state index in [0.29, 0.717) is 18.8 Å². The van der Waals surface area contributed by atoms with E-state index in [4.69, 9.17) is 0 Å². The molecule has 2 heterocycles. The van der Waals surface area contributed by atoms with Crippen LogP contribution in [0.4, 0.5) is 0 Å². The first-order valence-corrected chi connectivity index (χ1v) is 10.6. The summed E-state index contributed by atoms with van der Waals surface area (Å²) in [4.78, 5) is 16.2. The zero-order valence-electron chi connectivity index (χ0n) is 17.5. The van der Waals surface area contributed by atoms with Crippen LogP contribution in [0.25, 0.3) is 10.9 Å². The molecule has 1 atom stereocenters. The minimum Gasteiger partial charge on any atom is -0.361 e. The smallest absolute Gasteiger partial charge is 0.273 e. The number of hydrogen-bond acceptors (Lipinski definition) is 3. The number of nitrogens with one attached hydrogen (secondary N) is 2. The Morgan fingerprint density at radius 3 is 2.47 bits per heavy atom. The lowest BCUT2D eigenvalue weighted by Crippen LogP contribution is -2.29. The van der Waals surface area contributed by atoms with Crippen molar-refractivity contribution in [2.45, 2.75) is 12.5 Å². The van der Waals surface area contributed by atoms with Gasteiger partial charge < -0.3 is 10.3 Å². The minimum absolute atomic E-state index is 0.00987. The summed E-state index contributed by atoms with van der Waals surface area (Å²) in [6.07, 6.45) is 3.72. The van der Waals surface area contributed by atoms with Gasteiger partial charge in [0.05, 0.1) is 12.7 Å². The molecule has 5 aromatic rings. The SMILES string of the molecule is O=C(NCC(c1ccccc1)c1c[nH]c2ccccc12)c1cn(Cc2ccccc2)nn1. The predicted molar refractivity (Wildman–Crippen MR) is 124 cm³/mol. The number of H-pyrrole nitrogens is 1. The topological polar surface area (TPSA) is 75.6 Å². The van der Waals surface area contributed by atoms with Gasteiger partial charge in [0.2, 0.25) is 0 Å². The molecule has 0 aliphatic rings. The molecule has 3 aromatic carbocycles. The van der Waals surface area contributed by atoms with E-state index in [2.05, 4.69) is 44.9 Å². The van der Waals surface area contributed by atoms with Crippen LogP contribution in [0.5, 0.6) is 0 Å². The summed E-state index contributed by atoms with van der Waals surface area (Å²) in [5, 5.41) is 12.4. The third-order valence-corrected chi connectivity index (χ3v) is 5.62. The number of fused-ring (bicyclic) bond motifs is 1. The molecule has 0 spiro atoms. The highest BCUT2D eigenvalue weighted by Gasteiger charge is 2.20. The maximum atomic E-state index is 12.8.